The molecule has 6 nitrogen and oxygen atoms in total. The molecule has 7 heteroatoms. The minimum absolute atomic E-state index is 0.258. The molecule has 0 fully saturated rings. The number of carbonyl (C=O) groups is 2. The smallest absolute Gasteiger partial charge is 0.272 e. The maximum absolute atomic E-state index is 14.7. The minimum Gasteiger partial charge on any atom is -0.350 e. The molecule has 0 saturated carbocycles. The molecule has 0 radical (unpaired) electrons. The summed E-state index contributed by atoms with van der Waals surface area (Å²) < 4.78 is 14.7. The molecule has 1 unspecified atom stereocenters. The van der Waals surface area contributed by atoms with Gasteiger partial charge in [-0.05, 0) is 36.8 Å². The summed E-state index contributed by atoms with van der Waals surface area (Å²) in [6, 6.07) is 20.9. The monoisotopic (exact) mass is 440 g/mol. The molecule has 1 aliphatic heterocycles. The van der Waals surface area contributed by atoms with Crippen LogP contribution in [0.2, 0.25) is 0 Å². The van der Waals surface area contributed by atoms with Crippen LogP contribution in [0.5, 0.6) is 0 Å². The number of aliphatic imine (C=N–C) groups is 1. The zero-order chi connectivity index (χ0) is 23.1. The number of H-pyrrole nitrogens is 1. The van der Waals surface area contributed by atoms with Crippen LogP contribution in [-0.4, -0.2) is 35.7 Å². The third-order valence-corrected chi connectivity index (χ3v) is 5.85. The molecule has 0 saturated heterocycles. The largest absolute Gasteiger partial charge is 0.350 e. The topological polar surface area (TPSA) is 77.6 Å². The van der Waals surface area contributed by atoms with Crippen molar-refractivity contribution in [1.82, 2.24) is 10.3 Å². The van der Waals surface area contributed by atoms with E-state index in [1.807, 2.05) is 25.1 Å². The van der Waals surface area contributed by atoms with E-state index in [-0.39, 0.29) is 5.56 Å². The molecule has 3 aromatic carbocycles. The van der Waals surface area contributed by atoms with Gasteiger partial charge in [0.05, 0.1) is 11.4 Å². The number of aryl methyl sites for hydroxylation is 1. The Bertz CT molecular complexity index is 1440. The van der Waals surface area contributed by atoms with E-state index < -0.39 is 23.8 Å². The number of aromatic nitrogens is 1. The van der Waals surface area contributed by atoms with E-state index in [4.69, 9.17) is 0 Å². The molecule has 5 rings (SSSR count). The number of anilines is 1. The summed E-state index contributed by atoms with van der Waals surface area (Å²) in [4.78, 5) is 35.5. The van der Waals surface area contributed by atoms with Crippen molar-refractivity contribution in [2.45, 2.75) is 13.1 Å². The maximum Gasteiger partial charge on any atom is 0.272 e. The van der Waals surface area contributed by atoms with Gasteiger partial charge in [-0.2, -0.15) is 0 Å². The van der Waals surface area contributed by atoms with Gasteiger partial charge in [0.15, 0.2) is 0 Å². The van der Waals surface area contributed by atoms with Crippen molar-refractivity contribution in [3.63, 3.8) is 0 Å². The van der Waals surface area contributed by atoms with E-state index in [2.05, 4.69) is 15.3 Å². The van der Waals surface area contributed by atoms with Crippen molar-refractivity contribution in [2.75, 3.05) is 11.9 Å². The van der Waals surface area contributed by atoms with Crippen molar-refractivity contribution in [3.05, 3.63) is 101 Å². The number of aromatic amines is 1. The van der Waals surface area contributed by atoms with Crippen LogP contribution >= 0.6 is 0 Å². The summed E-state index contributed by atoms with van der Waals surface area (Å²) in [5, 5.41) is 3.61. The Kier molecular flexibility index (Phi) is 5.01. The van der Waals surface area contributed by atoms with Crippen LogP contribution in [0.15, 0.2) is 77.8 Å². The highest BCUT2D eigenvalue weighted by Crippen LogP contribution is 2.28. The van der Waals surface area contributed by atoms with Crippen molar-refractivity contribution in [3.8, 4) is 0 Å². The Morgan fingerprint density at radius 2 is 1.76 bits per heavy atom. The molecule has 2 amide bonds. The van der Waals surface area contributed by atoms with Crippen LogP contribution in [0.3, 0.4) is 0 Å². The number of carbonyl (C=O) groups excluding carboxylic acids is 2. The number of likely N-dealkylation sites (N-methyl/N-ethyl adjacent to an activating group) is 1. The molecule has 0 bridgehead atoms. The van der Waals surface area contributed by atoms with Gasteiger partial charge >= 0.3 is 0 Å². The molecule has 2 N–H and O–H groups in total. The first-order valence-electron chi connectivity index (χ1n) is 10.5. The van der Waals surface area contributed by atoms with E-state index in [0.717, 1.165) is 16.5 Å². The molecular formula is C26H21FN4O2. The minimum atomic E-state index is -1.22. The second-order valence-corrected chi connectivity index (χ2v) is 7.97. The molecule has 0 spiro atoms. The highest BCUT2D eigenvalue weighted by Gasteiger charge is 2.32. The highest BCUT2D eigenvalue weighted by atomic mass is 19.1. The predicted octanol–water partition coefficient (Wildman–Crippen LogP) is 4.19. The first-order chi connectivity index (χ1) is 15.9. The van der Waals surface area contributed by atoms with Gasteiger partial charge in [-0.25, -0.2) is 9.38 Å². The Balaban J connectivity index is 1.58. The van der Waals surface area contributed by atoms with Crippen molar-refractivity contribution >= 4 is 34.1 Å². The fraction of sp³-hybridized carbons (Fsp3) is 0.115. The fourth-order valence-electron chi connectivity index (χ4n) is 4.12. The van der Waals surface area contributed by atoms with E-state index >= 15 is 0 Å². The number of halogens is 1. The lowest BCUT2D eigenvalue weighted by molar-refractivity contribution is -0.119. The first-order valence-corrected chi connectivity index (χ1v) is 10.5. The molecule has 0 aliphatic carbocycles. The van der Waals surface area contributed by atoms with Gasteiger partial charge in [-0.15, -0.1) is 0 Å². The Morgan fingerprint density at radius 1 is 1.03 bits per heavy atom. The number of fused-ring (bicyclic) bond motifs is 2. The second-order valence-electron chi connectivity index (χ2n) is 7.97. The van der Waals surface area contributed by atoms with Crippen molar-refractivity contribution in [1.29, 1.82) is 0 Å². The number of amides is 2. The highest BCUT2D eigenvalue weighted by molar-refractivity contribution is 6.20. The Morgan fingerprint density at radius 3 is 2.52 bits per heavy atom. The second kappa shape index (κ2) is 8.02. The third-order valence-electron chi connectivity index (χ3n) is 5.85. The Hall–Kier alpha value is -4.26. The van der Waals surface area contributed by atoms with Crippen LogP contribution in [0.4, 0.5) is 10.1 Å². The maximum atomic E-state index is 14.7. The average molecular weight is 440 g/mol. The average Bonchev–Trinajstić information content (AvgIpc) is 3.24. The quantitative estimate of drug-likeness (QED) is 0.501. The summed E-state index contributed by atoms with van der Waals surface area (Å²) in [6.45, 7) is 1.95. The number of benzene rings is 3. The number of hydrogen-bond acceptors (Lipinski definition) is 3. The van der Waals surface area contributed by atoms with E-state index in [1.54, 1.807) is 55.6 Å². The lowest BCUT2D eigenvalue weighted by Crippen LogP contribution is -2.46. The third kappa shape index (κ3) is 3.57. The van der Waals surface area contributed by atoms with Gasteiger partial charge in [0.25, 0.3) is 11.8 Å². The number of rotatable bonds is 3. The number of nitrogens with one attached hydrogen (secondary N) is 2. The zero-order valence-corrected chi connectivity index (χ0v) is 18.1. The number of nitrogens with zero attached hydrogens (tertiary/aromatic N) is 2. The van der Waals surface area contributed by atoms with Crippen molar-refractivity contribution in [2.24, 2.45) is 4.99 Å². The normalized spacial score (nSPS) is 15.7. The summed E-state index contributed by atoms with van der Waals surface area (Å²) in [5.74, 6) is -1.35. The molecule has 164 valence electrons. The lowest BCUT2D eigenvalue weighted by atomic mass is 10.00. The number of hydrogen-bond donors (Lipinski definition) is 2. The summed E-state index contributed by atoms with van der Waals surface area (Å²) in [7, 11) is 1.62. The number of benzodiazepines with no additional fused rings is 1. The van der Waals surface area contributed by atoms with Crippen LogP contribution in [0.25, 0.3) is 10.9 Å². The molecule has 1 aromatic heterocycles. The molecule has 2 heterocycles. The zero-order valence-electron chi connectivity index (χ0n) is 18.1. The fourth-order valence-corrected chi connectivity index (χ4v) is 4.12. The van der Waals surface area contributed by atoms with E-state index in [9.17, 15) is 14.0 Å². The molecule has 1 aliphatic rings. The number of para-hydroxylation sites is 2. The van der Waals surface area contributed by atoms with E-state index in [1.165, 1.54) is 11.0 Å². The van der Waals surface area contributed by atoms with Crippen molar-refractivity contribution < 1.29 is 14.0 Å². The van der Waals surface area contributed by atoms with Crippen LogP contribution in [-0.2, 0) is 4.79 Å². The molecule has 33 heavy (non-hydrogen) atoms. The van der Waals surface area contributed by atoms with Crippen LogP contribution in [0.1, 0.15) is 27.2 Å². The molecule has 4 aromatic rings. The van der Waals surface area contributed by atoms with Gasteiger partial charge in [0.1, 0.15) is 11.5 Å². The first kappa shape index (κ1) is 20.6. The SMILES string of the molecule is Cc1cccc2cc(C(=O)NC3N=C(c4ccccc4F)c4ccccc4N(C)C3=O)[nH]c12. The summed E-state index contributed by atoms with van der Waals surface area (Å²) in [6.07, 6.45) is -1.22. The van der Waals surface area contributed by atoms with Gasteiger partial charge in [-0.1, -0.05) is 48.5 Å². The van der Waals surface area contributed by atoms with Gasteiger partial charge < -0.3 is 15.2 Å². The van der Waals surface area contributed by atoms with Crippen LogP contribution < -0.4 is 10.2 Å². The van der Waals surface area contributed by atoms with Gasteiger partial charge in [0, 0.05) is 29.1 Å². The van der Waals surface area contributed by atoms with Crippen LogP contribution in [0, 0.1) is 12.7 Å². The summed E-state index contributed by atoms with van der Waals surface area (Å²) >= 11 is 0. The van der Waals surface area contributed by atoms with E-state index in [0.29, 0.717) is 22.7 Å². The van der Waals surface area contributed by atoms with Gasteiger partial charge in [0.2, 0.25) is 6.17 Å². The molecule has 1 atom stereocenters. The Labute approximate surface area is 189 Å². The predicted molar refractivity (Wildman–Crippen MR) is 126 cm³/mol. The standard InChI is InChI=1S/C26H21FN4O2/c1-15-8-7-9-16-14-20(28-22(15)16)25(32)30-24-26(33)31(2)21-13-6-4-11-18(21)23(29-24)17-10-3-5-12-19(17)27/h3-14,24,28H,1-2H3,(H,30,32). The molecular weight excluding hydrogens is 419 g/mol. The lowest BCUT2D eigenvalue weighted by Gasteiger charge is -2.20. The summed E-state index contributed by atoms with van der Waals surface area (Å²) in [5.41, 5.74) is 3.94. The van der Waals surface area contributed by atoms with Gasteiger partial charge in [-0.3, -0.25) is 9.59 Å².